The van der Waals surface area contributed by atoms with E-state index < -0.39 is 23.5 Å². The molecule has 0 saturated carbocycles. The van der Waals surface area contributed by atoms with Gasteiger partial charge >= 0.3 is 0 Å². The SMILES string of the molecule is CCCCCN1C(=O)C(=O)/C(=C(\O)c2cccc3ccccc23)C1c1ccc(F)cc1. The Hall–Kier alpha value is -3.47. The van der Waals surface area contributed by atoms with Gasteiger partial charge in [-0.2, -0.15) is 0 Å². The summed E-state index contributed by atoms with van der Waals surface area (Å²) in [5.41, 5.74) is 1.14. The highest BCUT2D eigenvalue weighted by atomic mass is 19.1. The zero-order valence-corrected chi connectivity index (χ0v) is 17.3. The molecule has 1 atom stereocenters. The Kier molecular flexibility index (Phi) is 5.85. The van der Waals surface area contributed by atoms with Crippen molar-refractivity contribution in [2.45, 2.75) is 32.2 Å². The molecule has 0 aliphatic carbocycles. The van der Waals surface area contributed by atoms with Crippen LogP contribution in [-0.2, 0) is 9.59 Å². The van der Waals surface area contributed by atoms with Gasteiger partial charge < -0.3 is 10.0 Å². The molecular formula is C26H24FNO3. The third-order valence-electron chi connectivity index (χ3n) is 5.77. The number of benzene rings is 3. The first kappa shape index (κ1) is 20.8. The molecule has 0 bridgehead atoms. The number of ketones is 1. The second-order valence-electron chi connectivity index (χ2n) is 7.78. The van der Waals surface area contributed by atoms with Gasteiger partial charge in [0.2, 0.25) is 0 Å². The minimum Gasteiger partial charge on any atom is -0.507 e. The van der Waals surface area contributed by atoms with Crippen molar-refractivity contribution in [1.82, 2.24) is 4.90 Å². The van der Waals surface area contributed by atoms with Gasteiger partial charge in [-0.25, -0.2) is 4.39 Å². The number of rotatable bonds is 6. The van der Waals surface area contributed by atoms with Gasteiger partial charge in [0, 0.05) is 12.1 Å². The number of nitrogens with zero attached hydrogens (tertiary/aromatic N) is 1. The van der Waals surface area contributed by atoms with Crippen LogP contribution in [0.1, 0.15) is 43.4 Å². The number of Topliss-reactive ketones (excluding diaryl/α,β-unsaturated/α-hetero) is 1. The van der Waals surface area contributed by atoms with Gasteiger partial charge in [-0.15, -0.1) is 0 Å². The van der Waals surface area contributed by atoms with Crippen molar-refractivity contribution in [2.75, 3.05) is 6.54 Å². The maximum Gasteiger partial charge on any atom is 0.295 e. The van der Waals surface area contributed by atoms with Crippen molar-refractivity contribution < 1.29 is 19.1 Å². The van der Waals surface area contributed by atoms with Crippen molar-refractivity contribution in [3.8, 4) is 0 Å². The number of halogens is 1. The fourth-order valence-corrected chi connectivity index (χ4v) is 4.21. The highest BCUT2D eigenvalue weighted by Gasteiger charge is 2.45. The molecule has 1 N–H and O–H groups in total. The van der Waals surface area contributed by atoms with Gasteiger partial charge in [-0.1, -0.05) is 74.4 Å². The Labute approximate surface area is 180 Å². The van der Waals surface area contributed by atoms with Crippen molar-refractivity contribution >= 4 is 28.2 Å². The van der Waals surface area contributed by atoms with Crippen LogP contribution >= 0.6 is 0 Å². The second-order valence-corrected chi connectivity index (χ2v) is 7.78. The summed E-state index contributed by atoms with van der Waals surface area (Å²) in [6.07, 6.45) is 2.64. The number of unbranched alkanes of at least 4 members (excludes halogenated alkanes) is 2. The largest absolute Gasteiger partial charge is 0.507 e. The molecule has 1 amide bonds. The summed E-state index contributed by atoms with van der Waals surface area (Å²) in [6.45, 7) is 2.46. The van der Waals surface area contributed by atoms with E-state index in [1.807, 2.05) is 36.4 Å². The molecule has 4 rings (SSSR count). The topological polar surface area (TPSA) is 57.6 Å². The summed E-state index contributed by atoms with van der Waals surface area (Å²) in [5, 5.41) is 13.0. The Morgan fingerprint density at radius 3 is 2.42 bits per heavy atom. The van der Waals surface area contributed by atoms with Crippen molar-refractivity contribution in [1.29, 1.82) is 0 Å². The van der Waals surface area contributed by atoms with Crippen LogP contribution < -0.4 is 0 Å². The summed E-state index contributed by atoms with van der Waals surface area (Å²) in [4.78, 5) is 27.5. The van der Waals surface area contributed by atoms with Gasteiger partial charge in [0.15, 0.2) is 0 Å². The maximum atomic E-state index is 13.6. The fraction of sp³-hybridized carbons (Fsp3) is 0.231. The first-order chi connectivity index (χ1) is 15.0. The predicted molar refractivity (Wildman–Crippen MR) is 119 cm³/mol. The van der Waals surface area contributed by atoms with Gasteiger partial charge in [0.05, 0.1) is 11.6 Å². The lowest BCUT2D eigenvalue weighted by molar-refractivity contribution is -0.139. The highest BCUT2D eigenvalue weighted by Crippen LogP contribution is 2.40. The Bertz CT molecular complexity index is 1160. The highest BCUT2D eigenvalue weighted by molar-refractivity contribution is 6.46. The standard InChI is InChI=1S/C26H24FNO3/c1-2-3-6-16-28-23(18-12-14-19(27)15-13-18)22(25(30)26(28)31)24(29)21-11-7-9-17-8-4-5-10-20(17)21/h4-5,7-15,23,29H,2-3,6,16H2,1H3/b24-22-. The molecule has 3 aromatic carbocycles. The smallest absolute Gasteiger partial charge is 0.295 e. The summed E-state index contributed by atoms with van der Waals surface area (Å²) in [5.74, 6) is -1.95. The lowest BCUT2D eigenvalue weighted by Crippen LogP contribution is -2.30. The van der Waals surface area contributed by atoms with Crippen LogP contribution in [0.5, 0.6) is 0 Å². The van der Waals surface area contributed by atoms with Gasteiger partial charge in [-0.3, -0.25) is 9.59 Å². The molecule has 158 valence electrons. The minimum atomic E-state index is -0.753. The Balaban J connectivity index is 1.89. The lowest BCUT2D eigenvalue weighted by atomic mass is 9.93. The molecule has 0 radical (unpaired) electrons. The minimum absolute atomic E-state index is 0.0458. The van der Waals surface area contributed by atoms with E-state index in [0.717, 1.165) is 30.0 Å². The van der Waals surface area contributed by atoms with E-state index in [1.165, 1.54) is 17.0 Å². The lowest BCUT2D eigenvalue weighted by Gasteiger charge is -2.25. The van der Waals surface area contributed by atoms with E-state index in [4.69, 9.17) is 0 Å². The van der Waals surface area contributed by atoms with Crippen LogP contribution in [0.15, 0.2) is 72.3 Å². The van der Waals surface area contributed by atoms with Crippen molar-refractivity contribution in [3.63, 3.8) is 0 Å². The van der Waals surface area contributed by atoms with E-state index in [9.17, 15) is 19.1 Å². The second kappa shape index (κ2) is 8.72. The number of likely N-dealkylation sites (tertiary alicyclic amines) is 1. The average molecular weight is 417 g/mol. The number of carbonyl (C=O) groups is 2. The van der Waals surface area contributed by atoms with Crippen LogP contribution in [0.3, 0.4) is 0 Å². The summed E-state index contributed by atoms with van der Waals surface area (Å²) in [7, 11) is 0. The molecule has 1 saturated heterocycles. The van der Waals surface area contributed by atoms with E-state index in [0.29, 0.717) is 17.7 Å². The monoisotopic (exact) mass is 417 g/mol. The summed E-state index contributed by atoms with van der Waals surface area (Å²) in [6, 6.07) is 18.0. The number of hydrogen-bond donors (Lipinski definition) is 1. The molecule has 1 fully saturated rings. The first-order valence-corrected chi connectivity index (χ1v) is 10.5. The predicted octanol–water partition coefficient (Wildman–Crippen LogP) is 5.59. The Morgan fingerprint density at radius 1 is 0.968 bits per heavy atom. The van der Waals surface area contributed by atoms with Crippen LogP contribution in [0.25, 0.3) is 16.5 Å². The van der Waals surface area contributed by atoms with Crippen LogP contribution in [-0.4, -0.2) is 28.2 Å². The number of carbonyl (C=O) groups excluding carboxylic acids is 2. The van der Waals surface area contributed by atoms with E-state index in [-0.39, 0.29) is 11.3 Å². The number of amides is 1. The molecular weight excluding hydrogens is 393 g/mol. The quantitative estimate of drug-likeness (QED) is 0.246. The van der Waals surface area contributed by atoms with E-state index in [2.05, 4.69) is 6.92 Å². The zero-order valence-electron chi connectivity index (χ0n) is 17.3. The molecule has 4 nitrogen and oxygen atoms in total. The van der Waals surface area contributed by atoms with E-state index >= 15 is 0 Å². The average Bonchev–Trinajstić information content (AvgIpc) is 3.04. The number of fused-ring (bicyclic) bond motifs is 1. The number of aliphatic hydroxyl groups excluding tert-OH is 1. The molecule has 1 aliphatic heterocycles. The summed E-state index contributed by atoms with van der Waals surface area (Å²) >= 11 is 0. The molecule has 1 unspecified atom stereocenters. The third kappa shape index (κ3) is 3.83. The summed E-state index contributed by atoms with van der Waals surface area (Å²) < 4.78 is 13.6. The molecule has 0 spiro atoms. The molecule has 1 heterocycles. The third-order valence-corrected chi connectivity index (χ3v) is 5.77. The first-order valence-electron chi connectivity index (χ1n) is 10.5. The molecule has 5 heteroatoms. The molecule has 0 aromatic heterocycles. The molecule has 31 heavy (non-hydrogen) atoms. The molecule has 3 aromatic rings. The number of aliphatic hydroxyl groups is 1. The maximum absolute atomic E-state index is 13.6. The van der Waals surface area contributed by atoms with Gasteiger partial charge in [0.1, 0.15) is 11.6 Å². The van der Waals surface area contributed by atoms with Crippen molar-refractivity contribution in [3.05, 3.63) is 89.2 Å². The van der Waals surface area contributed by atoms with Gasteiger partial charge in [-0.05, 0) is 34.9 Å². The molecule has 1 aliphatic rings. The number of hydrogen-bond acceptors (Lipinski definition) is 3. The van der Waals surface area contributed by atoms with Gasteiger partial charge in [0.25, 0.3) is 11.7 Å². The fourth-order valence-electron chi connectivity index (χ4n) is 4.21. The normalized spacial score (nSPS) is 18.1. The van der Waals surface area contributed by atoms with Crippen LogP contribution in [0.2, 0.25) is 0 Å². The van der Waals surface area contributed by atoms with Crippen LogP contribution in [0, 0.1) is 5.82 Å². The van der Waals surface area contributed by atoms with Crippen LogP contribution in [0.4, 0.5) is 4.39 Å². The van der Waals surface area contributed by atoms with Crippen molar-refractivity contribution in [2.24, 2.45) is 0 Å². The Morgan fingerprint density at radius 2 is 1.68 bits per heavy atom. The van der Waals surface area contributed by atoms with E-state index in [1.54, 1.807) is 18.2 Å². The zero-order chi connectivity index (χ0) is 22.0.